The predicted octanol–water partition coefficient (Wildman–Crippen LogP) is 0.972. The quantitative estimate of drug-likeness (QED) is 0.871. The normalized spacial score (nSPS) is 24.4. The van der Waals surface area contributed by atoms with Crippen LogP contribution in [-0.2, 0) is 4.79 Å². The average molecular weight is 277 g/mol. The van der Waals surface area contributed by atoms with Gasteiger partial charge in [0.25, 0.3) is 0 Å². The van der Waals surface area contributed by atoms with Crippen LogP contribution in [0.15, 0.2) is 12.7 Å². The molecule has 110 valence electrons. The Balaban J connectivity index is 1.65. The molecule has 0 spiro atoms. The van der Waals surface area contributed by atoms with E-state index in [1.165, 1.54) is 25.6 Å². The van der Waals surface area contributed by atoms with Crippen LogP contribution in [0.3, 0.4) is 0 Å². The topological polar surface area (TPSA) is 63.1 Å². The van der Waals surface area contributed by atoms with E-state index in [4.69, 9.17) is 0 Å². The summed E-state index contributed by atoms with van der Waals surface area (Å²) in [5, 5.41) is 7.62. The lowest BCUT2D eigenvalue weighted by Crippen LogP contribution is -2.48. The van der Waals surface area contributed by atoms with Crippen LogP contribution < -0.4 is 5.32 Å². The number of carbonyl (C=O) groups excluding carboxylic acids is 1. The maximum atomic E-state index is 12.7. The molecule has 0 bridgehead atoms. The number of nitrogens with one attached hydrogen (secondary N) is 1. The van der Waals surface area contributed by atoms with E-state index in [0.717, 1.165) is 25.9 Å². The second kappa shape index (κ2) is 5.91. The zero-order valence-electron chi connectivity index (χ0n) is 12.0. The Labute approximate surface area is 119 Å². The van der Waals surface area contributed by atoms with Gasteiger partial charge in [-0.2, -0.15) is 5.10 Å². The number of carbonyl (C=O) groups is 1. The van der Waals surface area contributed by atoms with Crippen LogP contribution in [0.4, 0.5) is 0 Å². The van der Waals surface area contributed by atoms with Gasteiger partial charge >= 0.3 is 0 Å². The Kier molecular flexibility index (Phi) is 4.00. The van der Waals surface area contributed by atoms with Crippen LogP contribution in [-0.4, -0.2) is 50.7 Å². The standard InChI is InChI=1S/C14H23N5O/c1-11(19-10-15-9-17-19)14(20)18(13-5-6-13)8-12-4-2-3-7-16-12/h9-13,16H,2-8H2,1H3. The van der Waals surface area contributed by atoms with Crippen molar-refractivity contribution in [3.63, 3.8) is 0 Å². The number of piperidine rings is 1. The van der Waals surface area contributed by atoms with Crippen molar-refractivity contribution in [1.82, 2.24) is 25.0 Å². The Morgan fingerprint density at radius 3 is 2.90 bits per heavy atom. The molecule has 1 aromatic heterocycles. The Hall–Kier alpha value is -1.43. The molecule has 2 atom stereocenters. The third-order valence-corrected chi connectivity index (χ3v) is 4.29. The van der Waals surface area contributed by atoms with E-state index in [-0.39, 0.29) is 11.9 Å². The van der Waals surface area contributed by atoms with Gasteiger partial charge in [-0.1, -0.05) is 6.42 Å². The zero-order chi connectivity index (χ0) is 13.9. The van der Waals surface area contributed by atoms with Gasteiger partial charge < -0.3 is 10.2 Å². The lowest BCUT2D eigenvalue weighted by Gasteiger charge is -2.32. The van der Waals surface area contributed by atoms with Crippen molar-refractivity contribution in [1.29, 1.82) is 0 Å². The number of amides is 1. The van der Waals surface area contributed by atoms with Crippen molar-refractivity contribution in [2.75, 3.05) is 13.1 Å². The molecule has 1 aliphatic carbocycles. The van der Waals surface area contributed by atoms with E-state index in [0.29, 0.717) is 12.1 Å². The van der Waals surface area contributed by atoms with Gasteiger partial charge in [-0.15, -0.1) is 0 Å². The van der Waals surface area contributed by atoms with E-state index >= 15 is 0 Å². The lowest BCUT2D eigenvalue weighted by molar-refractivity contribution is -0.135. The summed E-state index contributed by atoms with van der Waals surface area (Å²) >= 11 is 0. The molecule has 2 heterocycles. The first-order valence-corrected chi connectivity index (χ1v) is 7.63. The first-order chi connectivity index (χ1) is 9.75. The summed E-state index contributed by atoms with van der Waals surface area (Å²) in [6, 6.07) is 0.634. The van der Waals surface area contributed by atoms with Gasteiger partial charge in [0.15, 0.2) is 0 Å². The Morgan fingerprint density at radius 2 is 2.30 bits per heavy atom. The van der Waals surface area contributed by atoms with E-state index in [9.17, 15) is 4.79 Å². The van der Waals surface area contributed by atoms with E-state index < -0.39 is 0 Å². The number of hydrogen-bond donors (Lipinski definition) is 1. The maximum Gasteiger partial charge on any atom is 0.247 e. The molecule has 2 fully saturated rings. The van der Waals surface area contributed by atoms with Crippen LogP contribution in [0.2, 0.25) is 0 Å². The highest BCUT2D eigenvalue weighted by atomic mass is 16.2. The third kappa shape index (κ3) is 3.00. The van der Waals surface area contributed by atoms with E-state index in [1.54, 1.807) is 11.0 Å². The summed E-state index contributed by atoms with van der Waals surface area (Å²) in [5.74, 6) is 0.172. The SMILES string of the molecule is CC(C(=O)N(CC1CCCCN1)C1CC1)n1cncn1. The Bertz CT molecular complexity index is 436. The maximum absolute atomic E-state index is 12.7. The predicted molar refractivity (Wildman–Crippen MR) is 75.1 cm³/mol. The zero-order valence-corrected chi connectivity index (χ0v) is 12.0. The molecule has 1 amide bonds. The summed E-state index contributed by atoms with van der Waals surface area (Å²) in [6.07, 6.45) is 9.08. The first-order valence-electron chi connectivity index (χ1n) is 7.63. The molecule has 1 aromatic rings. The van der Waals surface area contributed by atoms with Crippen molar-refractivity contribution >= 4 is 5.91 Å². The first kappa shape index (κ1) is 13.5. The highest BCUT2D eigenvalue weighted by molar-refractivity contribution is 5.80. The minimum absolute atomic E-state index is 0.172. The highest BCUT2D eigenvalue weighted by Gasteiger charge is 2.36. The van der Waals surface area contributed by atoms with Crippen molar-refractivity contribution in [3.05, 3.63) is 12.7 Å². The fraction of sp³-hybridized carbons (Fsp3) is 0.786. The minimum Gasteiger partial charge on any atom is -0.336 e. The fourth-order valence-corrected chi connectivity index (χ4v) is 2.89. The smallest absolute Gasteiger partial charge is 0.247 e. The molecule has 1 saturated heterocycles. The van der Waals surface area contributed by atoms with Gasteiger partial charge in [-0.05, 0) is 39.2 Å². The molecule has 1 N–H and O–H groups in total. The summed E-state index contributed by atoms with van der Waals surface area (Å²) in [5.41, 5.74) is 0. The fourth-order valence-electron chi connectivity index (χ4n) is 2.89. The summed E-state index contributed by atoms with van der Waals surface area (Å²) < 4.78 is 1.64. The molecule has 2 unspecified atom stereocenters. The molecule has 2 aliphatic rings. The van der Waals surface area contributed by atoms with Crippen molar-refractivity contribution < 1.29 is 4.79 Å². The molecule has 1 aliphatic heterocycles. The largest absolute Gasteiger partial charge is 0.336 e. The van der Waals surface area contributed by atoms with Gasteiger partial charge in [-0.25, -0.2) is 9.67 Å². The molecule has 20 heavy (non-hydrogen) atoms. The van der Waals surface area contributed by atoms with Gasteiger partial charge in [0.1, 0.15) is 18.7 Å². The summed E-state index contributed by atoms with van der Waals surface area (Å²) in [7, 11) is 0. The molecular weight excluding hydrogens is 254 g/mol. The second-order valence-corrected chi connectivity index (χ2v) is 5.92. The number of rotatable bonds is 5. The van der Waals surface area contributed by atoms with Crippen molar-refractivity contribution in [2.24, 2.45) is 0 Å². The van der Waals surface area contributed by atoms with Gasteiger partial charge in [0.05, 0.1) is 0 Å². The average Bonchev–Trinajstić information content (AvgIpc) is 3.18. The third-order valence-electron chi connectivity index (χ3n) is 4.29. The monoisotopic (exact) mass is 277 g/mol. The van der Waals surface area contributed by atoms with Crippen LogP contribution in [0.1, 0.15) is 45.1 Å². The second-order valence-electron chi connectivity index (χ2n) is 5.92. The van der Waals surface area contributed by atoms with Crippen LogP contribution in [0.5, 0.6) is 0 Å². The number of hydrogen-bond acceptors (Lipinski definition) is 4. The minimum atomic E-state index is -0.262. The van der Waals surface area contributed by atoms with Crippen molar-refractivity contribution in [2.45, 2.75) is 57.2 Å². The van der Waals surface area contributed by atoms with Crippen molar-refractivity contribution in [3.8, 4) is 0 Å². The number of nitrogens with zero attached hydrogens (tertiary/aromatic N) is 4. The van der Waals surface area contributed by atoms with E-state index in [2.05, 4.69) is 20.3 Å². The summed E-state index contributed by atoms with van der Waals surface area (Å²) in [4.78, 5) is 18.7. The molecule has 0 radical (unpaired) electrons. The van der Waals surface area contributed by atoms with Crippen LogP contribution in [0, 0.1) is 0 Å². The molecular formula is C14H23N5O. The molecule has 6 nitrogen and oxygen atoms in total. The molecule has 6 heteroatoms. The summed E-state index contributed by atoms with van der Waals surface area (Å²) in [6.45, 7) is 3.82. The van der Waals surface area contributed by atoms with Crippen LogP contribution in [0.25, 0.3) is 0 Å². The molecule has 1 saturated carbocycles. The van der Waals surface area contributed by atoms with Gasteiger partial charge in [0, 0.05) is 18.6 Å². The van der Waals surface area contributed by atoms with Gasteiger partial charge in [0.2, 0.25) is 5.91 Å². The molecule has 3 rings (SSSR count). The molecule has 0 aromatic carbocycles. The van der Waals surface area contributed by atoms with E-state index in [1.807, 2.05) is 6.92 Å². The lowest BCUT2D eigenvalue weighted by atomic mass is 10.0. The van der Waals surface area contributed by atoms with Gasteiger partial charge in [-0.3, -0.25) is 4.79 Å². The number of aromatic nitrogens is 3. The Morgan fingerprint density at radius 1 is 1.45 bits per heavy atom. The van der Waals surface area contributed by atoms with Crippen LogP contribution >= 0.6 is 0 Å². The highest BCUT2D eigenvalue weighted by Crippen LogP contribution is 2.29.